The minimum atomic E-state index is -1.25. The lowest BCUT2D eigenvalue weighted by Crippen LogP contribution is -2.59. The fraction of sp³-hybridized carbons (Fsp3) is 0.424. The second kappa shape index (κ2) is 11.8. The molecule has 7 atom stereocenters. The van der Waals surface area contributed by atoms with Gasteiger partial charge in [0.15, 0.2) is 0 Å². The lowest BCUT2D eigenvalue weighted by molar-refractivity contribution is -0.143. The Morgan fingerprint density at radius 3 is 2.29 bits per heavy atom. The number of ether oxygens (including phenoxy) is 1. The molecule has 42 heavy (non-hydrogen) atoms. The summed E-state index contributed by atoms with van der Waals surface area (Å²) in [6.07, 6.45) is 3.10. The van der Waals surface area contributed by atoms with Crippen LogP contribution in [0.15, 0.2) is 73.8 Å². The number of para-hydroxylation sites is 2. The SMILES string of the molecule is C=CCN(C(=O)[C@H]1[C@H]2C(=O)N([C@H](C)CO)C(C(=O)N(CC=C)c3c(C)cccc3C)C23CC(Br)[C@@H]1O3)c1ccccc1. The number of benzene rings is 2. The molecule has 3 amide bonds. The average molecular weight is 637 g/mol. The summed E-state index contributed by atoms with van der Waals surface area (Å²) in [5, 5.41) is 10.3. The number of likely N-dealkylation sites (tertiary alicyclic amines) is 1. The van der Waals surface area contributed by atoms with Crippen LogP contribution in [0.5, 0.6) is 0 Å². The zero-order valence-electron chi connectivity index (χ0n) is 24.3. The Balaban J connectivity index is 1.63. The van der Waals surface area contributed by atoms with Gasteiger partial charge in [0.25, 0.3) is 5.91 Å². The van der Waals surface area contributed by atoms with Crippen LogP contribution in [0.1, 0.15) is 24.5 Å². The molecule has 2 bridgehead atoms. The van der Waals surface area contributed by atoms with E-state index in [0.29, 0.717) is 12.1 Å². The fourth-order valence-electron chi connectivity index (χ4n) is 7.23. The molecule has 1 N–H and O–H groups in total. The van der Waals surface area contributed by atoms with Gasteiger partial charge in [0.2, 0.25) is 11.8 Å². The zero-order valence-corrected chi connectivity index (χ0v) is 25.9. The summed E-state index contributed by atoms with van der Waals surface area (Å²) in [5.74, 6) is -2.62. The van der Waals surface area contributed by atoms with Crippen molar-refractivity contribution in [2.75, 3.05) is 29.5 Å². The molecule has 2 aromatic carbocycles. The highest BCUT2D eigenvalue weighted by Gasteiger charge is 2.77. The predicted molar refractivity (Wildman–Crippen MR) is 167 cm³/mol. The molecule has 9 heteroatoms. The third-order valence-corrected chi connectivity index (χ3v) is 9.76. The summed E-state index contributed by atoms with van der Waals surface area (Å²) in [6.45, 7) is 13.5. The molecule has 2 aromatic rings. The van der Waals surface area contributed by atoms with Gasteiger partial charge in [0.05, 0.1) is 30.6 Å². The highest BCUT2D eigenvalue weighted by atomic mass is 79.9. The first-order valence-electron chi connectivity index (χ1n) is 14.3. The number of amides is 3. The second-order valence-corrected chi connectivity index (χ2v) is 12.7. The minimum absolute atomic E-state index is 0.224. The first kappa shape index (κ1) is 30.2. The highest BCUT2D eigenvalue weighted by molar-refractivity contribution is 9.09. The summed E-state index contributed by atoms with van der Waals surface area (Å²) < 4.78 is 6.71. The van der Waals surface area contributed by atoms with Crippen LogP contribution in [0.2, 0.25) is 0 Å². The van der Waals surface area contributed by atoms with Crippen molar-refractivity contribution in [3.8, 4) is 0 Å². The number of halogens is 1. The van der Waals surface area contributed by atoms with Crippen LogP contribution in [-0.2, 0) is 19.1 Å². The Bertz CT molecular complexity index is 1380. The van der Waals surface area contributed by atoms with Gasteiger partial charge in [-0.2, -0.15) is 0 Å². The number of aliphatic hydroxyl groups excluding tert-OH is 1. The Morgan fingerprint density at radius 1 is 1.07 bits per heavy atom. The molecule has 222 valence electrons. The summed E-state index contributed by atoms with van der Waals surface area (Å²) >= 11 is 3.75. The van der Waals surface area contributed by atoms with Gasteiger partial charge in [0.1, 0.15) is 11.6 Å². The van der Waals surface area contributed by atoms with Gasteiger partial charge >= 0.3 is 0 Å². The quantitative estimate of drug-likeness (QED) is 0.313. The van der Waals surface area contributed by atoms with Crippen molar-refractivity contribution in [3.05, 3.63) is 85.0 Å². The van der Waals surface area contributed by atoms with Gasteiger partial charge < -0.3 is 24.5 Å². The van der Waals surface area contributed by atoms with Crippen molar-refractivity contribution < 1.29 is 24.2 Å². The molecule has 3 saturated heterocycles. The molecule has 3 heterocycles. The Kier molecular flexibility index (Phi) is 8.47. The smallest absolute Gasteiger partial charge is 0.253 e. The molecule has 0 radical (unpaired) electrons. The zero-order chi connectivity index (χ0) is 30.3. The molecule has 8 nitrogen and oxygen atoms in total. The number of anilines is 2. The highest BCUT2D eigenvalue weighted by Crippen LogP contribution is 2.61. The molecular formula is C33H38BrN3O5. The summed E-state index contributed by atoms with van der Waals surface area (Å²) in [7, 11) is 0. The van der Waals surface area contributed by atoms with Crippen molar-refractivity contribution in [2.45, 2.75) is 55.8 Å². The number of hydrogen-bond donors (Lipinski definition) is 1. The first-order chi connectivity index (χ1) is 20.1. The topological polar surface area (TPSA) is 90.4 Å². The number of aliphatic hydroxyl groups is 1. The number of fused-ring (bicyclic) bond motifs is 1. The lowest BCUT2D eigenvalue weighted by Gasteiger charge is -2.39. The standard InChI is InChI=1S/C33H38BrN3O5/c1-6-16-35(23-14-9-8-10-15-23)30(39)25-26-31(40)37(22(5)19-38)29(33(26)18-24(34)28(25)42-33)32(41)36(17-7-2)27-20(3)12-11-13-21(27)4/h6-15,22,24-26,28-29,38H,1-2,16-19H2,3-5H3/t22-,24?,25+,26+,28+,29?,33?/m1/s1. The number of aryl methyl sites for hydroxylation is 2. The number of carbonyl (C=O) groups excluding carboxylic acids is 3. The molecule has 3 aliphatic heterocycles. The van der Waals surface area contributed by atoms with Crippen LogP contribution in [0.4, 0.5) is 11.4 Å². The maximum Gasteiger partial charge on any atom is 0.253 e. The van der Waals surface area contributed by atoms with E-state index in [0.717, 1.165) is 16.8 Å². The number of rotatable bonds is 10. The van der Waals surface area contributed by atoms with Gasteiger partial charge in [0, 0.05) is 29.3 Å². The number of nitrogens with zero attached hydrogens (tertiary/aromatic N) is 3. The molecule has 5 rings (SSSR count). The van der Waals surface area contributed by atoms with E-state index in [1.54, 1.807) is 28.9 Å². The van der Waals surface area contributed by atoms with Gasteiger partial charge in [-0.3, -0.25) is 14.4 Å². The van der Waals surface area contributed by atoms with E-state index in [1.807, 2.05) is 62.4 Å². The van der Waals surface area contributed by atoms with Crippen LogP contribution in [0.3, 0.4) is 0 Å². The van der Waals surface area contributed by atoms with Crippen LogP contribution in [0, 0.1) is 25.7 Å². The van der Waals surface area contributed by atoms with Crippen molar-refractivity contribution in [1.82, 2.24) is 4.90 Å². The van der Waals surface area contributed by atoms with Crippen molar-refractivity contribution >= 4 is 45.0 Å². The molecule has 1 spiro atoms. The molecule has 0 saturated carbocycles. The van der Waals surface area contributed by atoms with Gasteiger partial charge in [-0.15, -0.1) is 13.2 Å². The monoisotopic (exact) mass is 635 g/mol. The van der Waals surface area contributed by atoms with Crippen LogP contribution >= 0.6 is 15.9 Å². The lowest BCUT2D eigenvalue weighted by atomic mass is 9.70. The predicted octanol–water partition coefficient (Wildman–Crippen LogP) is 4.17. The Labute approximate surface area is 255 Å². The van der Waals surface area contributed by atoms with E-state index in [-0.39, 0.29) is 42.2 Å². The molecule has 0 aromatic heterocycles. The van der Waals surface area contributed by atoms with E-state index < -0.39 is 35.6 Å². The summed E-state index contributed by atoms with van der Waals surface area (Å²) in [5.41, 5.74) is 2.02. The molecular weight excluding hydrogens is 598 g/mol. The van der Waals surface area contributed by atoms with Gasteiger partial charge in [-0.25, -0.2) is 0 Å². The van der Waals surface area contributed by atoms with Crippen molar-refractivity contribution in [2.24, 2.45) is 11.8 Å². The molecule has 3 unspecified atom stereocenters. The second-order valence-electron chi connectivity index (χ2n) is 11.5. The van der Waals surface area contributed by atoms with E-state index >= 15 is 0 Å². The first-order valence-corrected chi connectivity index (χ1v) is 15.2. The van der Waals surface area contributed by atoms with E-state index in [1.165, 1.54) is 4.90 Å². The maximum atomic E-state index is 14.8. The van der Waals surface area contributed by atoms with Crippen molar-refractivity contribution in [1.29, 1.82) is 0 Å². The number of carbonyl (C=O) groups is 3. The Morgan fingerprint density at radius 2 is 1.69 bits per heavy atom. The van der Waals surface area contributed by atoms with E-state index in [9.17, 15) is 19.5 Å². The number of hydrogen-bond acceptors (Lipinski definition) is 5. The third kappa shape index (κ3) is 4.62. The van der Waals surface area contributed by atoms with Crippen molar-refractivity contribution in [3.63, 3.8) is 0 Å². The summed E-state index contributed by atoms with van der Waals surface area (Å²) in [6, 6.07) is 13.4. The molecule has 0 aliphatic carbocycles. The minimum Gasteiger partial charge on any atom is -0.394 e. The Hall–Kier alpha value is -3.27. The summed E-state index contributed by atoms with van der Waals surface area (Å²) in [4.78, 5) is 48.1. The maximum absolute atomic E-state index is 14.8. The van der Waals surface area contributed by atoms with Crippen LogP contribution in [-0.4, -0.2) is 76.0 Å². The normalized spacial score (nSPS) is 28.4. The van der Waals surface area contributed by atoms with E-state index in [2.05, 4.69) is 29.1 Å². The van der Waals surface area contributed by atoms with Gasteiger partial charge in [-0.1, -0.05) is 64.5 Å². The van der Waals surface area contributed by atoms with Gasteiger partial charge in [-0.05, 0) is 50.5 Å². The van der Waals surface area contributed by atoms with Crippen LogP contribution < -0.4 is 9.80 Å². The molecule has 3 fully saturated rings. The van der Waals surface area contributed by atoms with Crippen LogP contribution in [0.25, 0.3) is 0 Å². The fourth-order valence-corrected chi connectivity index (χ4v) is 8.17. The largest absolute Gasteiger partial charge is 0.394 e. The molecule has 3 aliphatic rings. The number of alkyl halides is 1. The van der Waals surface area contributed by atoms with E-state index in [4.69, 9.17) is 4.74 Å². The third-order valence-electron chi connectivity index (χ3n) is 8.92. The average Bonchev–Trinajstić information content (AvgIpc) is 3.58.